The van der Waals surface area contributed by atoms with Gasteiger partial charge < -0.3 is 10.4 Å². The molecule has 0 aliphatic heterocycles. The molecule has 0 saturated heterocycles. The summed E-state index contributed by atoms with van der Waals surface area (Å²) in [6.45, 7) is 4.40. The van der Waals surface area contributed by atoms with Crippen LogP contribution in [0.2, 0.25) is 0 Å². The Bertz CT molecular complexity index is 234. The van der Waals surface area contributed by atoms with Gasteiger partial charge in [-0.2, -0.15) is 0 Å². The number of carboxylic acids is 1. The monoisotopic (exact) mass is 187 g/mol. The molecule has 0 aliphatic carbocycles. The lowest BCUT2D eigenvalue weighted by atomic mass is 10.0. The molecule has 0 aromatic rings. The molecule has 0 spiro atoms. The SMILES string of the molecule is CC(=O)C(=O)N[C@H](C(=O)O)C(C)C. The fraction of sp³-hybridized carbons (Fsp3) is 0.625. The first-order valence-corrected chi connectivity index (χ1v) is 3.90. The first kappa shape index (κ1) is 11.6. The molecule has 0 unspecified atom stereocenters. The quantitative estimate of drug-likeness (QED) is 0.597. The van der Waals surface area contributed by atoms with Crippen LogP contribution in [0.15, 0.2) is 0 Å². The number of nitrogens with one attached hydrogen (secondary N) is 1. The Morgan fingerprint density at radius 3 is 1.92 bits per heavy atom. The molecule has 0 saturated carbocycles. The molecule has 5 nitrogen and oxygen atoms in total. The standard InChI is InChI=1S/C8H13NO4/c1-4(2)6(8(12)13)9-7(11)5(3)10/h4,6H,1-3H3,(H,9,11)(H,12,13)/t6-/m0/s1. The number of Topliss-reactive ketones (excluding diaryl/α,β-unsaturated/α-hetero) is 1. The minimum Gasteiger partial charge on any atom is -0.480 e. The molecule has 0 aromatic carbocycles. The molecular weight excluding hydrogens is 174 g/mol. The van der Waals surface area contributed by atoms with E-state index in [1.807, 2.05) is 0 Å². The minimum atomic E-state index is -1.13. The molecule has 1 atom stereocenters. The first-order valence-electron chi connectivity index (χ1n) is 3.90. The maximum atomic E-state index is 10.8. The Kier molecular flexibility index (Phi) is 4.10. The van der Waals surface area contributed by atoms with Gasteiger partial charge in [0.25, 0.3) is 5.91 Å². The highest BCUT2D eigenvalue weighted by Crippen LogP contribution is 2.01. The van der Waals surface area contributed by atoms with E-state index in [4.69, 9.17) is 5.11 Å². The second kappa shape index (κ2) is 4.59. The number of carbonyl (C=O) groups is 3. The van der Waals surface area contributed by atoms with E-state index >= 15 is 0 Å². The Balaban J connectivity index is 4.36. The molecule has 0 rings (SSSR count). The van der Waals surface area contributed by atoms with Gasteiger partial charge in [0.1, 0.15) is 6.04 Å². The minimum absolute atomic E-state index is 0.249. The normalized spacial score (nSPS) is 12.3. The summed E-state index contributed by atoms with van der Waals surface area (Å²) < 4.78 is 0. The van der Waals surface area contributed by atoms with Gasteiger partial charge in [0.05, 0.1) is 0 Å². The van der Waals surface area contributed by atoms with Gasteiger partial charge in [-0.15, -0.1) is 0 Å². The highest BCUT2D eigenvalue weighted by molar-refractivity contribution is 6.35. The van der Waals surface area contributed by atoms with Crippen molar-refractivity contribution in [2.75, 3.05) is 0 Å². The maximum Gasteiger partial charge on any atom is 0.326 e. The van der Waals surface area contributed by atoms with E-state index in [1.165, 1.54) is 0 Å². The van der Waals surface area contributed by atoms with Gasteiger partial charge in [-0.1, -0.05) is 13.8 Å². The van der Waals surface area contributed by atoms with Crippen LogP contribution < -0.4 is 5.32 Å². The summed E-state index contributed by atoms with van der Waals surface area (Å²) in [5.41, 5.74) is 0. The topological polar surface area (TPSA) is 83.5 Å². The Morgan fingerprint density at radius 2 is 1.69 bits per heavy atom. The van der Waals surface area contributed by atoms with Crippen molar-refractivity contribution in [3.8, 4) is 0 Å². The van der Waals surface area contributed by atoms with Crippen molar-refractivity contribution in [1.82, 2.24) is 5.32 Å². The summed E-state index contributed by atoms with van der Waals surface area (Å²) in [7, 11) is 0. The zero-order chi connectivity index (χ0) is 10.6. The average Bonchev–Trinajstić information content (AvgIpc) is 1.97. The predicted molar refractivity (Wildman–Crippen MR) is 45.1 cm³/mol. The summed E-state index contributed by atoms with van der Waals surface area (Å²) >= 11 is 0. The molecular formula is C8H13NO4. The molecule has 5 heteroatoms. The lowest BCUT2D eigenvalue weighted by molar-refractivity contribution is -0.144. The van der Waals surface area contributed by atoms with Crippen molar-refractivity contribution in [2.45, 2.75) is 26.8 Å². The van der Waals surface area contributed by atoms with Crippen LogP contribution in [0.4, 0.5) is 0 Å². The summed E-state index contributed by atoms with van der Waals surface area (Å²) in [4.78, 5) is 31.9. The van der Waals surface area contributed by atoms with Gasteiger partial charge in [0.15, 0.2) is 0 Å². The van der Waals surface area contributed by atoms with Crippen molar-refractivity contribution in [2.24, 2.45) is 5.92 Å². The molecule has 0 bridgehead atoms. The molecule has 0 aliphatic rings. The Hall–Kier alpha value is -1.39. The van der Waals surface area contributed by atoms with Crippen LogP contribution in [0.3, 0.4) is 0 Å². The summed E-state index contributed by atoms with van der Waals surface area (Å²) in [6.07, 6.45) is 0. The summed E-state index contributed by atoms with van der Waals surface area (Å²) in [5, 5.41) is 10.8. The van der Waals surface area contributed by atoms with E-state index in [1.54, 1.807) is 13.8 Å². The number of carboxylic acid groups (broad SMARTS) is 1. The van der Waals surface area contributed by atoms with Crippen molar-refractivity contribution in [1.29, 1.82) is 0 Å². The molecule has 2 N–H and O–H groups in total. The Labute approximate surface area is 76.1 Å². The molecule has 0 heterocycles. The van der Waals surface area contributed by atoms with Crippen molar-refractivity contribution >= 4 is 17.7 Å². The second-order valence-corrected chi connectivity index (χ2v) is 3.09. The van der Waals surface area contributed by atoms with Crippen LogP contribution in [0.5, 0.6) is 0 Å². The number of carbonyl (C=O) groups excluding carboxylic acids is 2. The number of rotatable bonds is 4. The number of amides is 1. The van der Waals surface area contributed by atoms with E-state index in [-0.39, 0.29) is 5.92 Å². The van der Waals surface area contributed by atoms with Gasteiger partial charge in [-0.05, 0) is 5.92 Å². The smallest absolute Gasteiger partial charge is 0.326 e. The average molecular weight is 187 g/mol. The predicted octanol–water partition coefficient (Wildman–Crippen LogP) is -0.199. The van der Waals surface area contributed by atoms with E-state index < -0.39 is 23.7 Å². The number of aliphatic carboxylic acids is 1. The van der Waals surface area contributed by atoms with Gasteiger partial charge in [-0.25, -0.2) is 4.79 Å². The van der Waals surface area contributed by atoms with E-state index in [9.17, 15) is 14.4 Å². The van der Waals surface area contributed by atoms with Gasteiger partial charge in [-0.3, -0.25) is 9.59 Å². The highest BCUT2D eigenvalue weighted by atomic mass is 16.4. The van der Waals surface area contributed by atoms with Crippen LogP contribution in [-0.2, 0) is 14.4 Å². The fourth-order valence-corrected chi connectivity index (χ4v) is 0.756. The van der Waals surface area contributed by atoms with E-state index in [0.29, 0.717) is 0 Å². The van der Waals surface area contributed by atoms with Crippen LogP contribution in [-0.4, -0.2) is 28.8 Å². The zero-order valence-corrected chi connectivity index (χ0v) is 7.83. The van der Waals surface area contributed by atoms with Crippen molar-refractivity contribution in [3.63, 3.8) is 0 Å². The molecule has 0 radical (unpaired) electrons. The Morgan fingerprint density at radius 1 is 1.23 bits per heavy atom. The lowest BCUT2D eigenvalue weighted by Crippen LogP contribution is -2.46. The lowest BCUT2D eigenvalue weighted by Gasteiger charge is -2.16. The second-order valence-electron chi connectivity index (χ2n) is 3.09. The van der Waals surface area contributed by atoms with Crippen LogP contribution >= 0.6 is 0 Å². The number of ketones is 1. The summed E-state index contributed by atoms with van der Waals surface area (Å²) in [5.74, 6) is -2.93. The van der Waals surface area contributed by atoms with Crippen LogP contribution in [0.25, 0.3) is 0 Å². The molecule has 0 fully saturated rings. The molecule has 1 amide bonds. The molecule has 0 aromatic heterocycles. The third-order valence-corrected chi connectivity index (χ3v) is 1.54. The van der Waals surface area contributed by atoms with Crippen LogP contribution in [0, 0.1) is 5.92 Å². The molecule has 74 valence electrons. The van der Waals surface area contributed by atoms with Gasteiger partial charge >= 0.3 is 5.97 Å². The maximum absolute atomic E-state index is 10.8. The van der Waals surface area contributed by atoms with E-state index in [0.717, 1.165) is 6.92 Å². The van der Waals surface area contributed by atoms with Gasteiger partial charge in [0, 0.05) is 6.92 Å². The zero-order valence-electron chi connectivity index (χ0n) is 7.83. The van der Waals surface area contributed by atoms with Crippen molar-refractivity contribution < 1.29 is 19.5 Å². The summed E-state index contributed by atoms with van der Waals surface area (Å²) in [6, 6.07) is -1.00. The van der Waals surface area contributed by atoms with Crippen LogP contribution in [0.1, 0.15) is 20.8 Å². The fourth-order valence-electron chi connectivity index (χ4n) is 0.756. The third-order valence-electron chi connectivity index (χ3n) is 1.54. The number of hydrogen-bond donors (Lipinski definition) is 2. The van der Waals surface area contributed by atoms with Crippen molar-refractivity contribution in [3.05, 3.63) is 0 Å². The third kappa shape index (κ3) is 3.68. The first-order chi connectivity index (χ1) is 5.86. The largest absolute Gasteiger partial charge is 0.480 e. The van der Waals surface area contributed by atoms with E-state index in [2.05, 4.69) is 5.32 Å². The molecule has 13 heavy (non-hydrogen) atoms. The van der Waals surface area contributed by atoms with Gasteiger partial charge in [0.2, 0.25) is 5.78 Å². The number of hydrogen-bond acceptors (Lipinski definition) is 3. The highest BCUT2D eigenvalue weighted by Gasteiger charge is 2.24.